The molecule has 2 unspecified atom stereocenters. The van der Waals surface area contributed by atoms with Gasteiger partial charge in [0.25, 0.3) is 0 Å². The molecule has 2 fully saturated rings. The Morgan fingerprint density at radius 3 is 2.44 bits per heavy atom. The Morgan fingerprint density at radius 1 is 1.19 bits per heavy atom. The topological polar surface area (TPSA) is 297 Å². The van der Waals surface area contributed by atoms with Crippen LogP contribution in [0.1, 0.15) is 19.1 Å². The monoisotopic (exact) mass is 560 g/mol. The number of ether oxygens (including phenoxy) is 1. The van der Waals surface area contributed by atoms with Gasteiger partial charge in [-0.05, 0) is 12.8 Å². The second kappa shape index (κ2) is 11.0. The molecular weight excluding hydrogens is 534 g/mol. The van der Waals surface area contributed by atoms with Gasteiger partial charge in [0, 0.05) is 6.54 Å². The van der Waals surface area contributed by atoms with Gasteiger partial charge in [0.15, 0.2) is 23.4 Å². The number of fused-ring (bicyclic) bond motifs is 1. The lowest BCUT2D eigenvalue weighted by Gasteiger charge is -2.25. The van der Waals surface area contributed by atoms with E-state index in [0.717, 1.165) is 17.8 Å². The Kier molecular flexibility index (Phi) is 8.81. The van der Waals surface area contributed by atoms with E-state index in [4.69, 9.17) is 30.6 Å². The number of aliphatic hydroxyl groups excluding tert-OH is 3. The number of hydroxylamine groups is 2. The van der Waals surface area contributed by atoms with Gasteiger partial charge in [0.05, 0.1) is 19.5 Å². The molecule has 4 rings (SSSR count). The SMILES string of the molecule is Nc1ncnc2c1ncn2[C@@H]1O[C@H](COP(=O)(O)OP(=O)(O)O)[C@@H](O)[C@H]1O.OCC1(O)CCCN1O. The van der Waals surface area contributed by atoms with Crippen molar-refractivity contribution in [1.82, 2.24) is 24.6 Å². The molecule has 0 aliphatic carbocycles. The summed E-state index contributed by atoms with van der Waals surface area (Å²) in [6, 6.07) is 0. The first-order chi connectivity index (χ1) is 16.7. The molecule has 0 bridgehead atoms. The fourth-order valence-corrected chi connectivity index (χ4v) is 5.09. The van der Waals surface area contributed by atoms with Crippen LogP contribution < -0.4 is 5.73 Å². The summed E-state index contributed by atoms with van der Waals surface area (Å²) in [5, 5.41) is 47.7. The van der Waals surface area contributed by atoms with E-state index in [1.165, 1.54) is 10.9 Å². The van der Waals surface area contributed by atoms with Crippen LogP contribution in [0.25, 0.3) is 11.2 Å². The molecule has 0 amide bonds. The number of nitrogen functional groups attached to an aromatic ring is 1. The summed E-state index contributed by atoms with van der Waals surface area (Å²) in [4.78, 5) is 38.1. The predicted octanol–water partition coefficient (Wildman–Crippen LogP) is -2.59. The van der Waals surface area contributed by atoms with Crippen molar-refractivity contribution in [3.8, 4) is 0 Å². The quantitative estimate of drug-likeness (QED) is 0.157. The van der Waals surface area contributed by atoms with Crippen LogP contribution in [0.3, 0.4) is 0 Å². The molecule has 2 saturated heterocycles. The molecule has 6 atom stereocenters. The Hall–Kier alpha value is -1.67. The molecule has 204 valence electrons. The van der Waals surface area contributed by atoms with Crippen LogP contribution in [0, 0.1) is 0 Å². The van der Waals surface area contributed by atoms with Gasteiger partial charge >= 0.3 is 15.6 Å². The lowest BCUT2D eigenvalue weighted by molar-refractivity contribution is -0.251. The summed E-state index contributed by atoms with van der Waals surface area (Å²) >= 11 is 0. The molecule has 19 nitrogen and oxygen atoms in total. The first-order valence-corrected chi connectivity index (χ1v) is 13.2. The van der Waals surface area contributed by atoms with E-state index in [9.17, 15) is 29.3 Å². The lowest BCUT2D eigenvalue weighted by Crippen LogP contribution is -2.44. The molecule has 0 aromatic carbocycles. The van der Waals surface area contributed by atoms with E-state index < -0.39 is 59.1 Å². The summed E-state index contributed by atoms with van der Waals surface area (Å²) in [6.45, 7) is -0.771. The maximum atomic E-state index is 11.5. The smallest absolute Gasteiger partial charge is 0.392 e. The molecule has 2 aromatic heterocycles. The minimum atomic E-state index is -5.29. The van der Waals surface area contributed by atoms with Crippen LogP contribution in [0.5, 0.6) is 0 Å². The van der Waals surface area contributed by atoms with Gasteiger partial charge in [-0.2, -0.15) is 9.37 Å². The zero-order chi connectivity index (χ0) is 26.9. The fourth-order valence-electron chi connectivity index (χ4n) is 3.49. The highest BCUT2D eigenvalue weighted by Gasteiger charge is 2.46. The van der Waals surface area contributed by atoms with Crippen LogP contribution >= 0.6 is 15.6 Å². The molecule has 21 heteroatoms. The number of nitrogens with two attached hydrogens (primary N) is 1. The minimum Gasteiger partial charge on any atom is -0.392 e. The van der Waals surface area contributed by atoms with E-state index in [-0.39, 0.29) is 17.0 Å². The van der Waals surface area contributed by atoms with E-state index in [2.05, 4.69) is 23.8 Å². The second-order valence-corrected chi connectivity index (χ2v) is 10.7. The number of aromatic nitrogens is 4. The van der Waals surface area contributed by atoms with Crippen molar-refractivity contribution < 1.29 is 63.0 Å². The summed E-state index contributed by atoms with van der Waals surface area (Å²) < 4.78 is 36.8. The fraction of sp³-hybridized carbons (Fsp3) is 0.667. The number of anilines is 1. The summed E-state index contributed by atoms with van der Waals surface area (Å²) in [6.07, 6.45) is -2.03. The number of rotatable bonds is 7. The molecule has 0 saturated carbocycles. The number of hydrogen-bond donors (Lipinski definition) is 9. The Morgan fingerprint density at radius 2 is 1.89 bits per heavy atom. The highest BCUT2D eigenvalue weighted by molar-refractivity contribution is 7.60. The third-order valence-corrected chi connectivity index (χ3v) is 7.44. The average Bonchev–Trinajstić information content (AvgIpc) is 3.44. The van der Waals surface area contributed by atoms with E-state index in [1.807, 2.05) is 0 Å². The number of nitrogens with zero attached hydrogens (tertiary/aromatic N) is 5. The van der Waals surface area contributed by atoms with E-state index in [0.29, 0.717) is 13.0 Å². The lowest BCUT2D eigenvalue weighted by atomic mass is 10.1. The highest BCUT2D eigenvalue weighted by Crippen LogP contribution is 2.57. The Balaban J connectivity index is 0.000000338. The molecule has 36 heavy (non-hydrogen) atoms. The van der Waals surface area contributed by atoms with Gasteiger partial charge < -0.3 is 50.8 Å². The van der Waals surface area contributed by atoms with Crippen LogP contribution in [-0.2, 0) is 22.7 Å². The molecule has 2 aliphatic heterocycles. The molecule has 0 spiro atoms. The predicted molar refractivity (Wildman–Crippen MR) is 114 cm³/mol. The number of phosphoric acid groups is 2. The maximum absolute atomic E-state index is 11.5. The first kappa shape index (κ1) is 28.9. The number of phosphoric ester groups is 1. The van der Waals surface area contributed by atoms with E-state index in [1.54, 1.807) is 0 Å². The number of aliphatic hydroxyl groups is 4. The van der Waals surface area contributed by atoms with Crippen molar-refractivity contribution in [1.29, 1.82) is 0 Å². The van der Waals surface area contributed by atoms with Crippen LogP contribution in [0.2, 0.25) is 0 Å². The van der Waals surface area contributed by atoms with Crippen LogP contribution in [0.4, 0.5) is 5.82 Å². The minimum absolute atomic E-state index is 0.0856. The summed E-state index contributed by atoms with van der Waals surface area (Å²) in [7, 11) is -10.4. The third kappa shape index (κ3) is 6.60. The zero-order valence-corrected chi connectivity index (χ0v) is 20.1. The van der Waals surface area contributed by atoms with Crippen molar-refractivity contribution >= 4 is 32.6 Å². The standard InChI is InChI=1S/C10H15N5O10P2.C5H11NO3/c11-8-5-9(13-2-12-8)15(3-14-5)10-7(17)6(16)4(24-10)1-23-27(21,22)25-26(18,19)20;7-4-5(8)2-1-3-6(5)9/h2-4,6-7,10,16-17H,1H2,(H,21,22)(H2,11,12,13)(H2,18,19,20);7-9H,1-4H2/t4-,6-,7-,10-;/m1./s1. The van der Waals surface area contributed by atoms with Crippen molar-refractivity contribution in [3.63, 3.8) is 0 Å². The third-order valence-electron chi connectivity index (χ3n) is 5.29. The summed E-state index contributed by atoms with van der Waals surface area (Å²) in [5.41, 5.74) is 4.75. The summed E-state index contributed by atoms with van der Waals surface area (Å²) in [5.74, 6) is 0.0856. The zero-order valence-electron chi connectivity index (χ0n) is 18.3. The number of imidazole rings is 1. The van der Waals surface area contributed by atoms with Crippen LogP contribution in [-0.4, -0.2) is 109 Å². The highest BCUT2D eigenvalue weighted by atomic mass is 31.3. The normalized spacial score (nSPS) is 30.8. The largest absolute Gasteiger partial charge is 0.481 e. The first-order valence-electron chi connectivity index (χ1n) is 10.2. The molecule has 2 aliphatic rings. The van der Waals surface area contributed by atoms with Gasteiger partial charge in [-0.25, -0.2) is 24.1 Å². The molecular formula is C15H26N6O13P2. The second-order valence-electron chi connectivity index (χ2n) is 7.83. The maximum Gasteiger partial charge on any atom is 0.481 e. The van der Waals surface area contributed by atoms with E-state index >= 15 is 0 Å². The molecule has 2 aromatic rings. The molecule has 4 heterocycles. The molecule has 0 radical (unpaired) electrons. The van der Waals surface area contributed by atoms with Crippen LogP contribution in [0.15, 0.2) is 12.7 Å². The van der Waals surface area contributed by atoms with Crippen molar-refractivity contribution in [3.05, 3.63) is 12.7 Å². The van der Waals surface area contributed by atoms with Gasteiger partial charge in [-0.15, -0.1) is 0 Å². The van der Waals surface area contributed by atoms with Gasteiger partial charge in [-0.1, -0.05) is 0 Å². The van der Waals surface area contributed by atoms with Gasteiger partial charge in [0.1, 0.15) is 30.2 Å². The van der Waals surface area contributed by atoms with Gasteiger partial charge in [0.2, 0.25) is 0 Å². The van der Waals surface area contributed by atoms with Crippen molar-refractivity contribution in [2.24, 2.45) is 0 Å². The van der Waals surface area contributed by atoms with Crippen molar-refractivity contribution in [2.75, 3.05) is 25.5 Å². The van der Waals surface area contributed by atoms with Crippen molar-refractivity contribution in [2.45, 2.75) is 43.1 Å². The van der Waals surface area contributed by atoms with Gasteiger partial charge in [-0.3, -0.25) is 9.09 Å². The Bertz CT molecular complexity index is 1150. The Labute approximate surface area is 202 Å². The number of hydrogen-bond acceptors (Lipinski definition) is 15. The molecule has 10 N–H and O–H groups in total. The average molecular weight is 560 g/mol.